The maximum Gasteiger partial charge on any atom is 0.252 e. The van der Waals surface area contributed by atoms with Crippen molar-refractivity contribution in [2.24, 2.45) is 0 Å². The average molecular weight is 343 g/mol. The van der Waals surface area contributed by atoms with E-state index in [2.05, 4.69) is 22.5 Å². The topological polar surface area (TPSA) is 72.5 Å². The summed E-state index contributed by atoms with van der Waals surface area (Å²) in [6.07, 6.45) is 4.81. The molecule has 0 fully saturated rings. The highest BCUT2D eigenvalue weighted by molar-refractivity contribution is 5.94. The van der Waals surface area contributed by atoms with Crippen LogP contribution in [0.15, 0.2) is 36.5 Å². The Hall–Kier alpha value is -2.76. The standard InChI is InChI=1S/C19H25N3O3/c1-4-5-6-11-20-19(23)14-7-10-18(21-13-14)22-15-8-9-16(24-2)17(12-15)25-3/h7-10,12-13H,4-6,11H2,1-3H3,(H,20,23)(H,21,22). The number of hydrogen-bond acceptors (Lipinski definition) is 5. The van der Waals surface area contributed by atoms with E-state index in [4.69, 9.17) is 9.47 Å². The predicted octanol–water partition coefficient (Wildman–Crippen LogP) is 3.76. The molecule has 0 bridgehead atoms. The number of ether oxygens (including phenoxy) is 2. The molecule has 0 unspecified atom stereocenters. The third-order valence-electron chi connectivity index (χ3n) is 3.75. The summed E-state index contributed by atoms with van der Waals surface area (Å²) in [5.41, 5.74) is 1.37. The summed E-state index contributed by atoms with van der Waals surface area (Å²) in [6, 6.07) is 9.05. The minimum atomic E-state index is -0.0960. The maximum absolute atomic E-state index is 12.0. The smallest absolute Gasteiger partial charge is 0.252 e. The van der Waals surface area contributed by atoms with Gasteiger partial charge in [0.1, 0.15) is 5.82 Å². The Morgan fingerprint density at radius 2 is 1.88 bits per heavy atom. The first kappa shape index (κ1) is 18.6. The van der Waals surface area contributed by atoms with E-state index in [1.54, 1.807) is 32.5 Å². The Labute approximate surface area is 148 Å². The van der Waals surface area contributed by atoms with E-state index in [9.17, 15) is 4.79 Å². The molecule has 2 rings (SSSR count). The van der Waals surface area contributed by atoms with Crippen LogP contribution in [0.1, 0.15) is 36.5 Å². The molecule has 2 aromatic rings. The molecule has 134 valence electrons. The molecule has 0 radical (unpaired) electrons. The van der Waals surface area contributed by atoms with Crippen molar-refractivity contribution in [2.45, 2.75) is 26.2 Å². The van der Waals surface area contributed by atoms with Crippen LogP contribution in [0.3, 0.4) is 0 Å². The number of nitrogens with one attached hydrogen (secondary N) is 2. The van der Waals surface area contributed by atoms with Crippen molar-refractivity contribution >= 4 is 17.4 Å². The molecule has 0 saturated heterocycles. The van der Waals surface area contributed by atoms with E-state index in [1.165, 1.54) is 0 Å². The lowest BCUT2D eigenvalue weighted by Crippen LogP contribution is -2.24. The number of carbonyl (C=O) groups excluding carboxylic acids is 1. The number of rotatable bonds is 9. The molecule has 6 nitrogen and oxygen atoms in total. The van der Waals surface area contributed by atoms with E-state index < -0.39 is 0 Å². The van der Waals surface area contributed by atoms with Gasteiger partial charge in [-0.25, -0.2) is 4.98 Å². The molecule has 0 saturated carbocycles. The number of nitrogens with zero attached hydrogens (tertiary/aromatic N) is 1. The molecule has 1 heterocycles. The second-order valence-corrected chi connectivity index (χ2v) is 5.59. The van der Waals surface area contributed by atoms with Gasteiger partial charge < -0.3 is 20.1 Å². The molecule has 6 heteroatoms. The van der Waals surface area contributed by atoms with Gasteiger partial charge >= 0.3 is 0 Å². The minimum Gasteiger partial charge on any atom is -0.493 e. The fourth-order valence-electron chi connectivity index (χ4n) is 2.34. The Morgan fingerprint density at radius 1 is 1.08 bits per heavy atom. The van der Waals surface area contributed by atoms with Crippen LogP contribution in [-0.4, -0.2) is 31.7 Å². The Balaban J connectivity index is 1.97. The van der Waals surface area contributed by atoms with Crippen LogP contribution in [0.2, 0.25) is 0 Å². The second-order valence-electron chi connectivity index (χ2n) is 5.59. The molecule has 1 aromatic heterocycles. The largest absolute Gasteiger partial charge is 0.493 e. The van der Waals surface area contributed by atoms with Crippen LogP contribution >= 0.6 is 0 Å². The summed E-state index contributed by atoms with van der Waals surface area (Å²) < 4.78 is 10.5. The molecular formula is C19H25N3O3. The molecule has 0 aliphatic heterocycles. The van der Waals surface area contributed by atoms with Gasteiger partial charge in [-0.05, 0) is 30.7 Å². The number of benzene rings is 1. The highest BCUT2D eigenvalue weighted by atomic mass is 16.5. The van der Waals surface area contributed by atoms with Crippen LogP contribution < -0.4 is 20.1 Å². The van der Waals surface area contributed by atoms with Crippen molar-refractivity contribution in [3.63, 3.8) is 0 Å². The van der Waals surface area contributed by atoms with Crippen LogP contribution in [-0.2, 0) is 0 Å². The Morgan fingerprint density at radius 3 is 2.52 bits per heavy atom. The molecule has 0 aliphatic rings. The van der Waals surface area contributed by atoms with Gasteiger partial charge in [0.05, 0.1) is 19.8 Å². The lowest BCUT2D eigenvalue weighted by atomic mass is 10.2. The molecular weight excluding hydrogens is 318 g/mol. The summed E-state index contributed by atoms with van der Waals surface area (Å²) in [5, 5.41) is 6.08. The lowest BCUT2D eigenvalue weighted by molar-refractivity contribution is 0.0952. The summed E-state index contributed by atoms with van der Waals surface area (Å²) in [7, 11) is 3.19. The van der Waals surface area contributed by atoms with Crippen LogP contribution in [0.25, 0.3) is 0 Å². The van der Waals surface area contributed by atoms with Crippen molar-refractivity contribution in [1.82, 2.24) is 10.3 Å². The zero-order valence-electron chi connectivity index (χ0n) is 15.0. The predicted molar refractivity (Wildman–Crippen MR) is 98.9 cm³/mol. The van der Waals surface area contributed by atoms with Gasteiger partial charge in [-0.3, -0.25) is 4.79 Å². The van der Waals surface area contributed by atoms with Crippen molar-refractivity contribution < 1.29 is 14.3 Å². The normalized spacial score (nSPS) is 10.2. The van der Waals surface area contributed by atoms with E-state index in [0.29, 0.717) is 29.4 Å². The number of hydrogen-bond donors (Lipinski definition) is 2. The van der Waals surface area contributed by atoms with Gasteiger partial charge in [-0.1, -0.05) is 19.8 Å². The maximum atomic E-state index is 12.0. The number of pyridine rings is 1. The fourth-order valence-corrected chi connectivity index (χ4v) is 2.34. The van der Waals surface area contributed by atoms with E-state index >= 15 is 0 Å². The molecule has 1 amide bonds. The third kappa shape index (κ3) is 5.38. The van der Waals surface area contributed by atoms with Gasteiger partial charge in [0.25, 0.3) is 5.91 Å². The highest BCUT2D eigenvalue weighted by Crippen LogP contribution is 2.30. The van der Waals surface area contributed by atoms with Gasteiger partial charge in [-0.15, -0.1) is 0 Å². The van der Waals surface area contributed by atoms with Crippen molar-refractivity contribution in [1.29, 1.82) is 0 Å². The average Bonchev–Trinajstić information content (AvgIpc) is 2.65. The van der Waals surface area contributed by atoms with Crippen LogP contribution in [0, 0.1) is 0 Å². The lowest BCUT2D eigenvalue weighted by Gasteiger charge is -2.11. The number of amides is 1. The minimum absolute atomic E-state index is 0.0960. The monoisotopic (exact) mass is 343 g/mol. The summed E-state index contributed by atoms with van der Waals surface area (Å²) >= 11 is 0. The number of unbranched alkanes of at least 4 members (excludes halogenated alkanes) is 2. The quantitative estimate of drug-likeness (QED) is 0.678. The molecule has 1 aromatic carbocycles. The second kappa shape index (κ2) is 9.52. The molecule has 0 atom stereocenters. The number of methoxy groups -OCH3 is 2. The molecule has 0 aliphatic carbocycles. The Bertz CT molecular complexity index is 687. The van der Waals surface area contributed by atoms with Gasteiger partial charge in [0.2, 0.25) is 0 Å². The SMILES string of the molecule is CCCCCNC(=O)c1ccc(Nc2ccc(OC)c(OC)c2)nc1. The van der Waals surface area contributed by atoms with Crippen LogP contribution in [0.5, 0.6) is 11.5 Å². The number of anilines is 2. The van der Waals surface area contributed by atoms with Gasteiger partial charge in [0, 0.05) is 24.5 Å². The molecule has 0 spiro atoms. The fraction of sp³-hybridized carbons (Fsp3) is 0.368. The molecule has 25 heavy (non-hydrogen) atoms. The van der Waals surface area contributed by atoms with Crippen molar-refractivity contribution in [3.8, 4) is 11.5 Å². The van der Waals surface area contributed by atoms with Gasteiger partial charge in [-0.2, -0.15) is 0 Å². The first-order valence-corrected chi connectivity index (χ1v) is 8.41. The summed E-state index contributed by atoms with van der Waals surface area (Å²) in [4.78, 5) is 16.3. The highest BCUT2D eigenvalue weighted by Gasteiger charge is 2.07. The summed E-state index contributed by atoms with van der Waals surface area (Å²) in [6.45, 7) is 2.83. The van der Waals surface area contributed by atoms with E-state index in [0.717, 1.165) is 24.9 Å². The van der Waals surface area contributed by atoms with Gasteiger partial charge in [0.15, 0.2) is 11.5 Å². The van der Waals surface area contributed by atoms with Crippen LogP contribution in [0.4, 0.5) is 11.5 Å². The Kier molecular flexibility index (Phi) is 7.07. The van der Waals surface area contributed by atoms with E-state index in [-0.39, 0.29) is 5.91 Å². The molecule has 2 N–H and O–H groups in total. The third-order valence-corrected chi connectivity index (χ3v) is 3.75. The van der Waals surface area contributed by atoms with Crippen molar-refractivity contribution in [2.75, 3.05) is 26.1 Å². The first-order valence-electron chi connectivity index (χ1n) is 8.41. The number of carbonyl (C=O) groups is 1. The zero-order valence-corrected chi connectivity index (χ0v) is 15.0. The van der Waals surface area contributed by atoms with E-state index in [1.807, 2.05) is 18.2 Å². The summed E-state index contributed by atoms with van der Waals surface area (Å²) in [5.74, 6) is 1.85. The van der Waals surface area contributed by atoms with Crippen molar-refractivity contribution in [3.05, 3.63) is 42.1 Å². The zero-order chi connectivity index (χ0) is 18.1. The number of aromatic nitrogens is 1. The first-order chi connectivity index (χ1) is 12.2.